The monoisotopic (exact) mass is 309 g/mol. The zero-order chi connectivity index (χ0) is 16.7. The molecule has 0 aliphatic heterocycles. The number of hydrogen-bond donors (Lipinski definition) is 3. The van der Waals surface area contributed by atoms with Gasteiger partial charge in [-0.05, 0) is 12.5 Å². The molecule has 0 heterocycles. The maximum Gasteiger partial charge on any atom is 0.335 e. The molecule has 118 valence electrons. The number of nitrogens with one attached hydrogen (secondary N) is 2. The fourth-order valence-corrected chi connectivity index (χ4v) is 1.63. The SMILES string of the molecule is CC(=O)NCCCNC(=O)c1cc(C(=O)O)cc([N+](=O)[O-])c1. The van der Waals surface area contributed by atoms with E-state index in [2.05, 4.69) is 10.6 Å². The maximum absolute atomic E-state index is 11.9. The van der Waals surface area contributed by atoms with E-state index in [9.17, 15) is 24.5 Å². The van der Waals surface area contributed by atoms with Crippen LogP contribution in [0.15, 0.2) is 18.2 Å². The molecule has 1 rings (SSSR count). The highest BCUT2D eigenvalue weighted by Crippen LogP contribution is 2.17. The number of non-ortho nitro benzene ring substituents is 1. The number of hydrogen-bond acceptors (Lipinski definition) is 5. The van der Waals surface area contributed by atoms with Gasteiger partial charge in [0, 0.05) is 37.7 Å². The molecule has 0 radical (unpaired) electrons. The zero-order valence-electron chi connectivity index (χ0n) is 11.8. The van der Waals surface area contributed by atoms with Crippen molar-refractivity contribution in [3.05, 3.63) is 39.4 Å². The van der Waals surface area contributed by atoms with Crippen LogP contribution in [0.25, 0.3) is 0 Å². The predicted molar refractivity (Wildman–Crippen MR) is 75.7 cm³/mol. The number of benzene rings is 1. The van der Waals surface area contributed by atoms with E-state index in [1.807, 2.05) is 0 Å². The zero-order valence-corrected chi connectivity index (χ0v) is 11.8. The van der Waals surface area contributed by atoms with Crippen molar-refractivity contribution in [1.29, 1.82) is 0 Å². The Labute approximate surface area is 125 Å². The Morgan fingerprint density at radius 2 is 1.73 bits per heavy atom. The summed E-state index contributed by atoms with van der Waals surface area (Å²) in [6.45, 7) is 1.99. The van der Waals surface area contributed by atoms with Crippen molar-refractivity contribution in [2.45, 2.75) is 13.3 Å². The highest BCUT2D eigenvalue weighted by molar-refractivity contribution is 5.98. The Morgan fingerprint density at radius 1 is 1.14 bits per heavy atom. The summed E-state index contributed by atoms with van der Waals surface area (Å²) in [5, 5.41) is 24.7. The van der Waals surface area contributed by atoms with E-state index in [4.69, 9.17) is 5.11 Å². The van der Waals surface area contributed by atoms with E-state index >= 15 is 0 Å². The minimum absolute atomic E-state index is 0.105. The van der Waals surface area contributed by atoms with Crippen LogP contribution in [0.1, 0.15) is 34.1 Å². The van der Waals surface area contributed by atoms with Crippen LogP contribution in [0.5, 0.6) is 0 Å². The number of carboxylic acid groups (broad SMARTS) is 1. The minimum atomic E-state index is -1.36. The fraction of sp³-hybridized carbons (Fsp3) is 0.308. The van der Waals surface area contributed by atoms with Gasteiger partial charge in [0.15, 0.2) is 0 Å². The normalized spacial score (nSPS) is 9.86. The molecule has 0 aliphatic carbocycles. The van der Waals surface area contributed by atoms with Gasteiger partial charge in [-0.25, -0.2) is 4.79 Å². The van der Waals surface area contributed by atoms with Crippen LogP contribution in [0, 0.1) is 10.1 Å². The fourth-order valence-electron chi connectivity index (χ4n) is 1.63. The first-order chi connectivity index (χ1) is 10.3. The average molecular weight is 309 g/mol. The Balaban J connectivity index is 2.73. The molecule has 0 atom stereocenters. The largest absolute Gasteiger partial charge is 0.478 e. The molecule has 0 saturated carbocycles. The van der Waals surface area contributed by atoms with Gasteiger partial charge in [-0.3, -0.25) is 19.7 Å². The van der Waals surface area contributed by atoms with Crippen molar-refractivity contribution in [1.82, 2.24) is 10.6 Å². The van der Waals surface area contributed by atoms with Crippen molar-refractivity contribution < 1.29 is 24.4 Å². The smallest absolute Gasteiger partial charge is 0.335 e. The molecule has 0 saturated heterocycles. The van der Waals surface area contributed by atoms with Crippen LogP contribution in [0.4, 0.5) is 5.69 Å². The molecule has 3 N–H and O–H groups in total. The second kappa shape index (κ2) is 7.72. The van der Waals surface area contributed by atoms with Crippen molar-refractivity contribution in [3.8, 4) is 0 Å². The molecule has 0 aromatic heterocycles. The third-order valence-corrected chi connectivity index (χ3v) is 2.65. The first kappa shape index (κ1) is 17.1. The lowest BCUT2D eigenvalue weighted by atomic mass is 10.1. The topological polar surface area (TPSA) is 139 Å². The van der Waals surface area contributed by atoms with E-state index in [1.165, 1.54) is 6.92 Å². The Morgan fingerprint density at radius 3 is 2.27 bits per heavy atom. The first-order valence-corrected chi connectivity index (χ1v) is 6.36. The third-order valence-electron chi connectivity index (χ3n) is 2.65. The van der Waals surface area contributed by atoms with Crippen molar-refractivity contribution in [2.24, 2.45) is 0 Å². The summed E-state index contributed by atoms with van der Waals surface area (Å²) >= 11 is 0. The third kappa shape index (κ3) is 5.19. The number of aromatic carboxylic acids is 1. The van der Waals surface area contributed by atoms with Gasteiger partial charge < -0.3 is 15.7 Å². The maximum atomic E-state index is 11.9. The Bertz CT molecular complexity index is 582. The van der Waals surface area contributed by atoms with E-state index in [-0.39, 0.29) is 23.6 Å². The summed E-state index contributed by atoms with van der Waals surface area (Å²) in [4.78, 5) is 43.4. The Hall–Kier alpha value is -2.97. The number of carboxylic acids is 1. The summed E-state index contributed by atoms with van der Waals surface area (Å²) in [6, 6.07) is 2.96. The first-order valence-electron chi connectivity index (χ1n) is 6.36. The molecule has 2 amide bonds. The quantitative estimate of drug-likeness (QED) is 0.382. The van der Waals surface area contributed by atoms with E-state index in [0.717, 1.165) is 18.2 Å². The van der Waals surface area contributed by atoms with Gasteiger partial charge in [0.05, 0.1) is 10.5 Å². The molecule has 0 spiro atoms. The van der Waals surface area contributed by atoms with Crippen LogP contribution in [-0.2, 0) is 4.79 Å². The lowest BCUT2D eigenvalue weighted by molar-refractivity contribution is -0.384. The molecule has 1 aromatic carbocycles. The summed E-state index contributed by atoms with van der Waals surface area (Å²) in [7, 11) is 0. The summed E-state index contributed by atoms with van der Waals surface area (Å²) in [6.07, 6.45) is 0.478. The highest BCUT2D eigenvalue weighted by Gasteiger charge is 2.17. The molecular weight excluding hydrogens is 294 g/mol. The predicted octanol–water partition coefficient (Wildman–Crippen LogP) is 0.549. The van der Waals surface area contributed by atoms with Gasteiger partial charge in [-0.15, -0.1) is 0 Å². The van der Waals surface area contributed by atoms with Gasteiger partial charge in [-0.2, -0.15) is 0 Å². The van der Waals surface area contributed by atoms with Gasteiger partial charge in [0.1, 0.15) is 0 Å². The summed E-state index contributed by atoms with van der Waals surface area (Å²) in [5.41, 5.74) is -0.910. The Kier molecular flexibility index (Phi) is 5.99. The molecular formula is C13H15N3O6. The molecule has 0 aliphatic rings. The molecule has 0 fully saturated rings. The molecule has 0 unspecified atom stereocenters. The molecule has 1 aromatic rings. The highest BCUT2D eigenvalue weighted by atomic mass is 16.6. The molecule has 0 bridgehead atoms. The van der Waals surface area contributed by atoms with Gasteiger partial charge in [-0.1, -0.05) is 0 Å². The number of nitro groups is 1. The van der Waals surface area contributed by atoms with Crippen LogP contribution in [0.3, 0.4) is 0 Å². The number of rotatable bonds is 7. The van der Waals surface area contributed by atoms with Gasteiger partial charge >= 0.3 is 5.97 Å². The van der Waals surface area contributed by atoms with E-state index < -0.39 is 22.5 Å². The summed E-state index contributed by atoms with van der Waals surface area (Å²) < 4.78 is 0. The number of carbonyl (C=O) groups is 3. The number of nitrogens with zero attached hydrogens (tertiary/aromatic N) is 1. The summed E-state index contributed by atoms with van der Waals surface area (Å²) in [5.74, 6) is -2.16. The van der Waals surface area contributed by atoms with Crippen LogP contribution in [0.2, 0.25) is 0 Å². The lowest BCUT2D eigenvalue weighted by Crippen LogP contribution is -2.29. The average Bonchev–Trinajstić information content (AvgIpc) is 2.45. The minimum Gasteiger partial charge on any atom is -0.478 e. The van der Waals surface area contributed by atoms with Gasteiger partial charge in [0.25, 0.3) is 11.6 Å². The van der Waals surface area contributed by atoms with Crippen LogP contribution in [-0.4, -0.2) is 40.9 Å². The second-order valence-corrected chi connectivity index (χ2v) is 4.42. The van der Waals surface area contributed by atoms with Crippen LogP contribution < -0.4 is 10.6 Å². The number of amides is 2. The number of nitro benzene ring substituents is 1. The molecule has 22 heavy (non-hydrogen) atoms. The number of carbonyl (C=O) groups excluding carboxylic acids is 2. The van der Waals surface area contributed by atoms with Crippen molar-refractivity contribution in [2.75, 3.05) is 13.1 Å². The second-order valence-electron chi connectivity index (χ2n) is 4.42. The molecule has 9 heteroatoms. The van der Waals surface area contributed by atoms with E-state index in [1.54, 1.807) is 0 Å². The van der Waals surface area contributed by atoms with Crippen LogP contribution >= 0.6 is 0 Å². The molecule has 9 nitrogen and oxygen atoms in total. The van der Waals surface area contributed by atoms with Crippen molar-refractivity contribution in [3.63, 3.8) is 0 Å². The van der Waals surface area contributed by atoms with Crippen molar-refractivity contribution >= 4 is 23.5 Å². The van der Waals surface area contributed by atoms with Gasteiger partial charge in [0.2, 0.25) is 5.91 Å². The van der Waals surface area contributed by atoms with E-state index in [0.29, 0.717) is 13.0 Å². The standard InChI is InChI=1S/C13H15N3O6/c1-8(17)14-3-2-4-15-12(18)9-5-10(13(19)20)7-11(6-9)16(21)22/h5-7H,2-4H2,1H3,(H,14,17)(H,15,18)(H,19,20). The lowest BCUT2D eigenvalue weighted by Gasteiger charge is -2.06.